The van der Waals surface area contributed by atoms with Gasteiger partial charge >= 0.3 is 0 Å². The third kappa shape index (κ3) is 0.417. The number of hydrogen-bond donors (Lipinski definition) is 1. The van der Waals surface area contributed by atoms with E-state index in [0.717, 1.165) is 34.5 Å². The van der Waals surface area contributed by atoms with Crippen molar-refractivity contribution >= 4 is 0 Å². The predicted octanol–water partition coefficient (Wildman–Crippen LogP) is 2.67. The molecule has 1 heteroatoms. The molecule has 88 valence electrons. The van der Waals surface area contributed by atoms with Gasteiger partial charge in [0.25, 0.3) is 0 Å². The zero-order valence-electron chi connectivity index (χ0n) is 10.9. The molecular weight excluding hydrogens is 194 g/mol. The molecule has 5 aliphatic rings. The van der Waals surface area contributed by atoms with Crippen LogP contribution in [-0.4, -0.2) is 12.6 Å². The summed E-state index contributed by atoms with van der Waals surface area (Å²) in [4.78, 5) is 0. The van der Waals surface area contributed by atoms with Crippen LogP contribution in [0.2, 0.25) is 0 Å². The van der Waals surface area contributed by atoms with Crippen LogP contribution in [-0.2, 0) is 0 Å². The van der Waals surface area contributed by atoms with Crippen molar-refractivity contribution in [2.24, 2.45) is 39.9 Å². The monoisotopic (exact) mass is 217 g/mol. The third-order valence-corrected chi connectivity index (χ3v) is 8.25. The Morgan fingerprint density at radius 1 is 1.25 bits per heavy atom. The Kier molecular flexibility index (Phi) is 1.02. The van der Waals surface area contributed by atoms with Gasteiger partial charge in [-0.25, -0.2) is 0 Å². The Balaban J connectivity index is 1.61. The SMILES string of the molecule is CCCC1(C)C2C1C1(C)C34CC3C2C14NC. The maximum atomic E-state index is 3.78. The fraction of sp³-hybridized carbons (Fsp3) is 1.00. The fourth-order valence-corrected chi connectivity index (χ4v) is 8.30. The molecule has 0 aliphatic heterocycles. The predicted molar refractivity (Wildman–Crippen MR) is 63.9 cm³/mol. The first-order chi connectivity index (χ1) is 7.58. The summed E-state index contributed by atoms with van der Waals surface area (Å²) in [6.45, 7) is 7.60. The van der Waals surface area contributed by atoms with E-state index in [1.165, 1.54) is 12.8 Å². The Labute approximate surface area is 98.4 Å². The van der Waals surface area contributed by atoms with Crippen LogP contribution in [0.3, 0.4) is 0 Å². The van der Waals surface area contributed by atoms with Crippen LogP contribution < -0.4 is 5.32 Å². The van der Waals surface area contributed by atoms with Crippen molar-refractivity contribution in [3.8, 4) is 0 Å². The van der Waals surface area contributed by atoms with Crippen molar-refractivity contribution in [3.05, 3.63) is 0 Å². The van der Waals surface area contributed by atoms with Gasteiger partial charge in [0, 0.05) is 11.0 Å². The molecule has 1 N–H and O–H groups in total. The maximum absolute atomic E-state index is 3.78. The van der Waals surface area contributed by atoms with Crippen LogP contribution >= 0.6 is 0 Å². The first-order valence-electron chi connectivity index (χ1n) is 7.27. The van der Waals surface area contributed by atoms with Gasteiger partial charge in [-0.2, -0.15) is 0 Å². The van der Waals surface area contributed by atoms with E-state index in [-0.39, 0.29) is 0 Å². The third-order valence-electron chi connectivity index (χ3n) is 8.25. The Hall–Kier alpha value is -0.0400. The number of rotatable bonds is 3. The molecule has 0 aromatic rings. The smallest absolute Gasteiger partial charge is 0.0340 e. The van der Waals surface area contributed by atoms with Gasteiger partial charge in [0.15, 0.2) is 0 Å². The van der Waals surface area contributed by atoms with Crippen LogP contribution in [0.5, 0.6) is 0 Å². The topological polar surface area (TPSA) is 12.0 Å². The summed E-state index contributed by atoms with van der Waals surface area (Å²) in [5.41, 5.74) is 2.89. The van der Waals surface area contributed by atoms with E-state index in [1.54, 1.807) is 6.42 Å². The molecule has 0 heterocycles. The van der Waals surface area contributed by atoms with Crippen LogP contribution in [0, 0.1) is 39.9 Å². The average molecular weight is 217 g/mol. The summed E-state index contributed by atoms with van der Waals surface area (Å²) in [5, 5.41) is 3.78. The van der Waals surface area contributed by atoms with Gasteiger partial charge in [0.1, 0.15) is 0 Å². The van der Waals surface area contributed by atoms with E-state index in [1.807, 2.05) is 0 Å². The minimum Gasteiger partial charge on any atom is -0.313 e. The van der Waals surface area contributed by atoms with Crippen molar-refractivity contribution in [3.63, 3.8) is 0 Å². The molecule has 5 rings (SSSR count). The molecule has 5 aliphatic carbocycles. The highest BCUT2D eigenvalue weighted by molar-refractivity contribution is 5.63. The van der Waals surface area contributed by atoms with E-state index in [2.05, 4.69) is 33.1 Å². The van der Waals surface area contributed by atoms with Gasteiger partial charge in [0.05, 0.1) is 0 Å². The van der Waals surface area contributed by atoms with E-state index in [4.69, 9.17) is 0 Å². The molecule has 5 saturated carbocycles. The summed E-state index contributed by atoms with van der Waals surface area (Å²) in [5.74, 6) is 4.39. The molecule has 1 nitrogen and oxygen atoms in total. The minimum atomic E-state index is 0.632. The van der Waals surface area contributed by atoms with Crippen molar-refractivity contribution in [1.29, 1.82) is 0 Å². The van der Waals surface area contributed by atoms with E-state index >= 15 is 0 Å². The Morgan fingerprint density at radius 3 is 2.56 bits per heavy atom. The lowest BCUT2D eigenvalue weighted by molar-refractivity contribution is 0.148. The molecule has 8 unspecified atom stereocenters. The molecule has 0 aromatic heterocycles. The second-order valence-electron chi connectivity index (χ2n) is 7.83. The molecule has 8 atom stereocenters. The van der Waals surface area contributed by atoms with Crippen molar-refractivity contribution in [1.82, 2.24) is 5.32 Å². The zero-order valence-corrected chi connectivity index (χ0v) is 10.9. The van der Waals surface area contributed by atoms with Crippen LogP contribution in [0.15, 0.2) is 0 Å². The van der Waals surface area contributed by atoms with Gasteiger partial charge in [0.2, 0.25) is 0 Å². The highest BCUT2D eigenvalue weighted by Gasteiger charge is 3.13. The first kappa shape index (κ1) is 8.97. The molecule has 0 bridgehead atoms. The molecule has 0 radical (unpaired) electrons. The molecule has 0 saturated heterocycles. The van der Waals surface area contributed by atoms with E-state index < -0.39 is 0 Å². The van der Waals surface area contributed by atoms with Crippen molar-refractivity contribution in [2.75, 3.05) is 7.05 Å². The van der Waals surface area contributed by atoms with Crippen molar-refractivity contribution < 1.29 is 0 Å². The van der Waals surface area contributed by atoms with Crippen molar-refractivity contribution in [2.45, 2.75) is 45.6 Å². The number of nitrogens with one attached hydrogen (secondary N) is 1. The van der Waals surface area contributed by atoms with E-state index in [0.29, 0.717) is 11.0 Å². The van der Waals surface area contributed by atoms with Crippen LogP contribution in [0.1, 0.15) is 40.0 Å². The highest BCUT2D eigenvalue weighted by Crippen LogP contribution is 3.12. The Bertz CT molecular complexity index is 431. The molecule has 0 aromatic carbocycles. The Morgan fingerprint density at radius 2 is 2.00 bits per heavy atom. The molecule has 5 fully saturated rings. The quantitative estimate of drug-likeness (QED) is 0.766. The van der Waals surface area contributed by atoms with Gasteiger partial charge < -0.3 is 5.32 Å². The first-order valence-corrected chi connectivity index (χ1v) is 7.27. The number of fused-ring (bicyclic) bond motifs is 4. The molecule has 16 heavy (non-hydrogen) atoms. The summed E-state index contributed by atoms with van der Waals surface area (Å²) >= 11 is 0. The minimum absolute atomic E-state index is 0.632. The molecular formula is C15H23N. The second kappa shape index (κ2) is 1.83. The standard InChI is InChI=1S/C15H23N/c1-5-6-12(2)10-9-8-7-14(8)13(3,11(10)12)15(9,14)16-4/h8-11,16H,5-7H2,1-4H3. The average Bonchev–Trinajstić information content (AvgIpc) is 3.10. The highest BCUT2D eigenvalue weighted by atomic mass is 15.3. The largest absolute Gasteiger partial charge is 0.313 e. The summed E-state index contributed by atoms with van der Waals surface area (Å²) in [7, 11) is 2.23. The molecule has 1 spiro atoms. The van der Waals surface area contributed by atoms with Gasteiger partial charge in [-0.1, -0.05) is 27.2 Å². The second-order valence-corrected chi connectivity index (χ2v) is 7.83. The lowest BCUT2D eigenvalue weighted by Crippen LogP contribution is -2.48. The van der Waals surface area contributed by atoms with Gasteiger partial charge in [-0.3, -0.25) is 0 Å². The normalized spacial score (nSPS) is 79.5. The van der Waals surface area contributed by atoms with Gasteiger partial charge in [-0.05, 0) is 54.4 Å². The lowest BCUT2D eigenvalue weighted by atomic mass is 9.73. The maximum Gasteiger partial charge on any atom is 0.0340 e. The summed E-state index contributed by atoms with van der Waals surface area (Å²) < 4.78 is 0. The van der Waals surface area contributed by atoms with Gasteiger partial charge in [-0.15, -0.1) is 0 Å². The molecule has 0 amide bonds. The van der Waals surface area contributed by atoms with Crippen LogP contribution in [0.4, 0.5) is 0 Å². The summed E-state index contributed by atoms with van der Waals surface area (Å²) in [6.07, 6.45) is 4.44. The van der Waals surface area contributed by atoms with E-state index in [9.17, 15) is 0 Å². The summed E-state index contributed by atoms with van der Waals surface area (Å²) in [6, 6.07) is 0. The zero-order chi connectivity index (χ0) is 11.1. The fourth-order valence-electron chi connectivity index (χ4n) is 8.30. The number of hydrogen-bond acceptors (Lipinski definition) is 1. The lowest BCUT2D eigenvalue weighted by Gasteiger charge is -2.37. The van der Waals surface area contributed by atoms with Crippen LogP contribution in [0.25, 0.3) is 0 Å².